The number of amides is 2. The third-order valence-corrected chi connectivity index (χ3v) is 4.88. The fourth-order valence-electron chi connectivity index (χ4n) is 3.58. The molecular weight excluding hydrogens is 366 g/mol. The van der Waals surface area contributed by atoms with Crippen molar-refractivity contribution in [3.8, 4) is 5.75 Å². The van der Waals surface area contributed by atoms with Crippen LogP contribution in [0.4, 0.5) is 11.4 Å². The van der Waals surface area contributed by atoms with Gasteiger partial charge in [-0.25, -0.2) is 0 Å². The molecule has 29 heavy (non-hydrogen) atoms. The van der Waals surface area contributed by atoms with Gasteiger partial charge < -0.3 is 19.9 Å². The Kier molecular flexibility index (Phi) is 6.67. The number of ether oxygens (including phenoxy) is 1. The normalized spacial score (nSPS) is 17.0. The van der Waals surface area contributed by atoms with Gasteiger partial charge in [-0.2, -0.15) is 0 Å². The van der Waals surface area contributed by atoms with E-state index in [0.717, 1.165) is 21.9 Å². The van der Waals surface area contributed by atoms with Crippen molar-refractivity contribution in [1.29, 1.82) is 0 Å². The van der Waals surface area contributed by atoms with Gasteiger partial charge in [-0.05, 0) is 43.3 Å². The number of likely N-dealkylation sites (N-methyl/N-ethyl adjacent to an activating group) is 1. The summed E-state index contributed by atoms with van der Waals surface area (Å²) in [7, 11) is 2.00. The van der Waals surface area contributed by atoms with Crippen molar-refractivity contribution < 1.29 is 19.2 Å². The van der Waals surface area contributed by atoms with Gasteiger partial charge in [0.25, 0.3) is 5.91 Å². The van der Waals surface area contributed by atoms with Crippen molar-refractivity contribution >= 4 is 23.2 Å². The number of para-hydroxylation sites is 2. The number of quaternary nitrogens is 1. The van der Waals surface area contributed by atoms with Gasteiger partial charge in [-0.15, -0.1) is 0 Å². The molecule has 6 nitrogen and oxygen atoms in total. The van der Waals surface area contributed by atoms with Crippen LogP contribution >= 0.6 is 0 Å². The van der Waals surface area contributed by atoms with E-state index in [4.69, 9.17) is 4.74 Å². The number of benzene rings is 2. The first kappa shape index (κ1) is 20.6. The summed E-state index contributed by atoms with van der Waals surface area (Å²) < 4.78 is 5.51. The second-order valence-corrected chi connectivity index (χ2v) is 7.44. The Bertz CT molecular complexity index is 879. The van der Waals surface area contributed by atoms with Gasteiger partial charge in [0, 0.05) is 18.0 Å². The van der Waals surface area contributed by atoms with Crippen molar-refractivity contribution in [3.05, 3.63) is 66.7 Å². The summed E-state index contributed by atoms with van der Waals surface area (Å²) >= 11 is 0. The average Bonchev–Trinajstić information content (AvgIpc) is 2.81. The highest BCUT2D eigenvalue weighted by atomic mass is 16.5. The summed E-state index contributed by atoms with van der Waals surface area (Å²) in [6.45, 7) is 7.08. The summed E-state index contributed by atoms with van der Waals surface area (Å²) in [6, 6.07) is 15.1. The Labute approximate surface area is 171 Å². The highest BCUT2D eigenvalue weighted by Gasteiger charge is 2.30. The van der Waals surface area contributed by atoms with E-state index in [2.05, 4.69) is 11.9 Å². The molecule has 0 aromatic heterocycles. The number of anilines is 2. The Morgan fingerprint density at radius 2 is 2.00 bits per heavy atom. The molecule has 2 amide bonds. The van der Waals surface area contributed by atoms with Crippen LogP contribution in [-0.2, 0) is 16.1 Å². The molecule has 152 valence electrons. The number of hydrogen-bond acceptors (Lipinski definition) is 3. The molecule has 0 bridgehead atoms. The van der Waals surface area contributed by atoms with Gasteiger partial charge in [0.2, 0.25) is 5.91 Å². The zero-order valence-electron chi connectivity index (χ0n) is 17.0. The number of carbonyl (C=O) groups is 2. The molecule has 1 aliphatic rings. The lowest BCUT2D eigenvalue weighted by atomic mass is 10.1. The monoisotopic (exact) mass is 394 g/mol. The third-order valence-electron chi connectivity index (χ3n) is 4.88. The minimum absolute atomic E-state index is 0.00452. The van der Waals surface area contributed by atoms with E-state index in [0.29, 0.717) is 25.4 Å². The van der Waals surface area contributed by atoms with E-state index < -0.39 is 0 Å². The first-order valence-electron chi connectivity index (χ1n) is 9.83. The van der Waals surface area contributed by atoms with E-state index in [1.165, 1.54) is 0 Å². The molecule has 0 fully saturated rings. The van der Waals surface area contributed by atoms with Crippen molar-refractivity contribution in [1.82, 2.24) is 0 Å². The molecule has 1 heterocycles. The SMILES string of the molecule is C=CCOc1ccc(C[NH+](C)CC(=O)N2c3ccccc3NC(=O)C[C@H]2C)cc1. The van der Waals surface area contributed by atoms with Crippen LogP contribution in [-0.4, -0.2) is 38.1 Å². The van der Waals surface area contributed by atoms with E-state index >= 15 is 0 Å². The van der Waals surface area contributed by atoms with Crippen molar-refractivity contribution in [2.24, 2.45) is 0 Å². The van der Waals surface area contributed by atoms with Crippen LogP contribution in [0.5, 0.6) is 5.75 Å². The van der Waals surface area contributed by atoms with Gasteiger partial charge in [0.1, 0.15) is 18.9 Å². The fourth-order valence-corrected chi connectivity index (χ4v) is 3.58. The van der Waals surface area contributed by atoms with Crippen LogP contribution in [0.3, 0.4) is 0 Å². The van der Waals surface area contributed by atoms with Gasteiger partial charge in [-0.1, -0.05) is 24.8 Å². The van der Waals surface area contributed by atoms with Gasteiger partial charge >= 0.3 is 0 Å². The van der Waals surface area contributed by atoms with Crippen molar-refractivity contribution in [3.63, 3.8) is 0 Å². The van der Waals surface area contributed by atoms with E-state index in [9.17, 15) is 9.59 Å². The summed E-state index contributed by atoms with van der Waals surface area (Å²) in [5, 5.41) is 2.89. The quantitative estimate of drug-likeness (QED) is 0.707. The van der Waals surface area contributed by atoms with Gasteiger partial charge in [0.05, 0.1) is 18.4 Å². The molecule has 2 atom stereocenters. The van der Waals surface area contributed by atoms with Crippen molar-refractivity contribution in [2.75, 3.05) is 30.4 Å². The lowest BCUT2D eigenvalue weighted by Crippen LogP contribution is -3.09. The Morgan fingerprint density at radius 1 is 1.28 bits per heavy atom. The predicted molar refractivity (Wildman–Crippen MR) is 114 cm³/mol. The van der Waals surface area contributed by atoms with Gasteiger partial charge in [0.15, 0.2) is 6.54 Å². The Balaban J connectivity index is 1.67. The van der Waals surface area contributed by atoms with Crippen LogP contribution in [0.2, 0.25) is 0 Å². The second-order valence-electron chi connectivity index (χ2n) is 7.44. The maximum absolute atomic E-state index is 13.1. The maximum atomic E-state index is 13.1. The first-order valence-corrected chi connectivity index (χ1v) is 9.83. The maximum Gasteiger partial charge on any atom is 0.282 e. The lowest BCUT2D eigenvalue weighted by Gasteiger charge is -2.28. The third kappa shape index (κ3) is 5.23. The van der Waals surface area contributed by atoms with Crippen LogP contribution in [0.25, 0.3) is 0 Å². The molecule has 0 radical (unpaired) electrons. The Hall–Kier alpha value is -3.12. The Morgan fingerprint density at radius 3 is 2.72 bits per heavy atom. The zero-order chi connectivity index (χ0) is 20.8. The molecule has 0 saturated heterocycles. The number of fused-ring (bicyclic) bond motifs is 1. The molecule has 1 aliphatic heterocycles. The first-order chi connectivity index (χ1) is 14.0. The second kappa shape index (κ2) is 9.39. The smallest absolute Gasteiger partial charge is 0.282 e. The van der Waals surface area contributed by atoms with Gasteiger partial charge in [-0.3, -0.25) is 9.59 Å². The van der Waals surface area contributed by atoms with E-state index in [-0.39, 0.29) is 24.3 Å². The molecule has 0 spiro atoms. The van der Waals surface area contributed by atoms with Crippen LogP contribution in [0, 0.1) is 0 Å². The highest BCUT2D eigenvalue weighted by Crippen LogP contribution is 2.31. The molecule has 0 saturated carbocycles. The largest absolute Gasteiger partial charge is 0.490 e. The molecule has 1 unspecified atom stereocenters. The number of nitrogens with one attached hydrogen (secondary N) is 2. The van der Waals surface area contributed by atoms with Crippen LogP contribution < -0.4 is 19.9 Å². The number of carbonyl (C=O) groups excluding carboxylic acids is 2. The number of hydrogen-bond donors (Lipinski definition) is 2. The zero-order valence-corrected chi connectivity index (χ0v) is 17.0. The molecule has 6 heteroatoms. The minimum atomic E-state index is -0.194. The van der Waals surface area contributed by atoms with Crippen molar-refractivity contribution in [2.45, 2.75) is 25.9 Å². The number of rotatable bonds is 7. The molecule has 2 aromatic rings. The van der Waals surface area contributed by atoms with Crippen LogP contribution in [0.1, 0.15) is 18.9 Å². The molecule has 2 aromatic carbocycles. The number of nitrogens with zero attached hydrogens (tertiary/aromatic N) is 1. The summed E-state index contributed by atoms with van der Waals surface area (Å²) in [6.07, 6.45) is 1.99. The topological polar surface area (TPSA) is 63.1 Å². The average molecular weight is 394 g/mol. The van der Waals surface area contributed by atoms with E-state index in [1.54, 1.807) is 11.0 Å². The lowest BCUT2D eigenvalue weighted by molar-refractivity contribution is -0.885. The summed E-state index contributed by atoms with van der Waals surface area (Å²) in [5.74, 6) is 0.735. The fraction of sp³-hybridized carbons (Fsp3) is 0.304. The van der Waals surface area contributed by atoms with Crippen LogP contribution in [0.15, 0.2) is 61.2 Å². The minimum Gasteiger partial charge on any atom is -0.490 e. The summed E-state index contributed by atoms with van der Waals surface area (Å²) in [4.78, 5) is 28.1. The molecule has 0 aliphatic carbocycles. The van der Waals surface area contributed by atoms with E-state index in [1.807, 2.05) is 62.5 Å². The summed E-state index contributed by atoms with van der Waals surface area (Å²) in [5.41, 5.74) is 2.57. The standard InChI is InChI=1S/C23H27N3O3/c1-4-13-29-19-11-9-18(10-12-19)15-25(3)16-23(28)26-17(2)14-22(27)24-20-7-5-6-8-21(20)26/h4-12,17H,1,13-16H2,2-3H3,(H,24,27)/p+1/t17-/m1/s1. The predicted octanol–water partition coefficient (Wildman–Crippen LogP) is 2.03. The molecule has 3 rings (SSSR count). The molecular formula is C23H28N3O3+. The molecule has 2 N–H and O–H groups in total. The highest BCUT2D eigenvalue weighted by molar-refractivity contribution is 6.04.